The molecule has 0 aliphatic heterocycles. The highest BCUT2D eigenvalue weighted by Gasteiger charge is 2.23. The molecule has 2 heterocycles. The first kappa shape index (κ1) is 28.7. The number of unbranched alkanes of at least 4 members (excludes halogenated alkanes) is 1. The number of esters is 1. The molecule has 0 fully saturated rings. The van der Waals surface area contributed by atoms with Crippen LogP contribution in [-0.4, -0.2) is 46.1 Å². The standard InChI is InChI=1S/C28H29ClN4O4S2/c1-4-6-15-37-21-13-9-19(10-14-21)25-31-32-28(33(25)5-2)39-17-23(34)30-26-24(27(35)36-3)22(16-38-26)18-7-11-20(29)12-8-18/h7-14,16H,4-6,15,17H2,1-3H3,(H,30,34). The quantitative estimate of drug-likeness (QED) is 0.108. The lowest BCUT2D eigenvalue weighted by atomic mass is 10.0. The number of ether oxygens (including phenoxy) is 2. The number of hydrogen-bond acceptors (Lipinski definition) is 8. The van der Waals surface area contributed by atoms with Gasteiger partial charge in [-0.3, -0.25) is 4.79 Å². The molecule has 0 bridgehead atoms. The second-order valence-corrected chi connectivity index (χ2v) is 10.7. The van der Waals surface area contributed by atoms with Crippen LogP contribution < -0.4 is 10.1 Å². The Morgan fingerprint density at radius 1 is 1.05 bits per heavy atom. The van der Waals surface area contributed by atoms with Gasteiger partial charge in [-0.1, -0.05) is 48.8 Å². The lowest BCUT2D eigenvalue weighted by molar-refractivity contribution is -0.113. The summed E-state index contributed by atoms with van der Waals surface area (Å²) in [6, 6.07) is 14.9. The van der Waals surface area contributed by atoms with Crippen LogP contribution in [-0.2, 0) is 16.1 Å². The van der Waals surface area contributed by atoms with Crippen LogP contribution in [0.5, 0.6) is 5.75 Å². The van der Waals surface area contributed by atoms with Crippen molar-refractivity contribution in [2.45, 2.75) is 38.4 Å². The number of carbonyl (C=O) groups excluding carboxylic acids is 2. The zero-order chi connectivity index (χ0) is 27.8. The number of methoxy groups -OCH3 is 1. The summed E-state index contributed by atoms with van der Waals surface area (Å²) in [5.41, 5.74) is 2.70. The fraction of sp³-hybridized carbons (Fsp3) is 0.286. The Morgan fingerprint density at radius 2 is 1.77 bits per heavy atom. The summed E-state index contributed by atoms with van der Waals surface area (Å²) in [5, 5.41) is 15.0. The number of nitrogens with one attached hydrogen (secondary N) is 1. The van der Waals surface area contributed by atoms with E-state index in [0.29, 0.717) is 39.5 Å². The van der Waals surface area contributed by atoms with Gasteiger partial charge < -0.3 is 19.4 Å². The number of carbonyl (C=O) groups is 2. The molecule has 1 amide bonds. The number of aromatic nitrogens is 3. The lowest BCUT2D eigenvalue weighted by Crippen LogP contribution is -2.16. The molecule has 204 valence electrons. The van der Waals surface area contributed by atoms with Gasteiger partial charge in [-0.15, -0.1) is 21.5 Å². The Kier molecular flexibility index (Phi) is 10.0. The number of rotatable bonds is 12. The summed E-state index contributed by atoms with van der Waals surface area (Å²) >= 11 is 8.56. The SMILES string of the molecule is CCCCOc1ccc(-c2nnc(SCC(=O)Nc3scc(-c4ccc(Cl)cc4)c3C(=O)OC)n2CC)cc1. The van der Waals surface area contributed by atoms with E-state index < -0.39 is 5.97 Å². The summed E-state index contributed by atoms with van der Waals surface area (Å²) in [6.07, 6.45) is 2.10. The van der Waals surface area contributed by atoms with E-state index in [1.54, 1.807) is 12.1 Å². The first-order valence-electron chi connectivity index (χ1n) is 12.5. The van der Waals surface area contributed by atoms with Gasteiger partial charge in [-0.2, -0.15) is 0 Å². The van der Waals surface area contributed by atoms with Gasteiger partial charge in [0.2, 0.25) is 5.91 Å². The van der Waals surface area contributed by atoms with Crippen LogP contribution in [0.3, 0.4) is 0 Å². The van der Waals surface area contributed by atoms with E-state index in [0.717, 1.165) is 35.5 Å². The molecule has 0 radical (unpaired) electrons. The maximum absolute atomic E-state index is 12.9. The number of benzene rings is 2. The van der Waals surface area contributed by atoms with Gasteiger partial charge in [0.1, 0.15) is 16.3 Å². The van der Waals surface area contributed by atoms with Crippen molar-refractivity contribution in [1.29, 1.82) is 0 Å². The Bertz CT molecular complexity index is 1420. The topological polar surface area (TPSA) is 95.3 Å². The van der Waals surface area contributed by atoms with Gasteiger partial charge in [0, 0.05) is 28.1 Å². The Morgan fingerprint density at radius 3 is 2.44 bits per heavy atom. The van der Waals surface area contributed by atoms with Gasteiger partial charge >= 0.3 is 5.97 Å². The highest BCUT2D eigenvalue weighted by molar-refractivity contribution is 7.99. The van der Waals surface area contributed by atoms with Crippen molar-refractivity contribution >= 4 is 51.6 Å². The Balaban J connectivity index is 1.44. The van der Waals surface area contributed by atoms with Crippen molar-refractivity contribution < 1.29 is 19.1 Å². The number of thioether (sulfide) groups is 1. The van der Waals surface area contributed by atoms with Crippen LogP contribution in [0.1, 0.15) is 37.0 Å². The first-order valence-corrected chi connectivity index (χ1v) is 14.7. The summed E-state index contributed by atoms with van der Waals surface area (Å²) in [5.74, 6) is 0.841. The maximum Gasteiger partial charge on any atom is 0.341 e. The van der Waals surface area contributed by atoms with E-state index in [2.05, 4.69) is 22.4 Å². The van der Waals surface area contributed by atoms with E-state index in [1.165, 1.54) is 30.2 Å². The fourth-order valence-corrected chi connectivity index (χ4v) is 5.72. The molecule has 8 nitrogen and oxygen atoms in total. The normalized spacial score (nSPS) is 10.9. The average molecular weight is 585 g/mol. The van der Waals surface area contributed by atoms with Gasteiger partial charge in [0.05, 0.1) is 19.5 Å². The van der Waals surface area contributed by atoms with Crippen LogP contribution in [0.4, 0.5) is 5.00 Å². The van der Waals surface area contributed by atoms with Crippen molar-refractivity contribution in [3.8, 4) is 28.3 Å². The van der Waals surface area contributed by atoms with Crippen LogP contribution in [0.15, 0.2) is 59.1 Å². The molecule has 1 N–H and O–H groups in total. The van der Waals surface area contributed by atoms with Crippen molar-refractivity contribution in [2.24, 2.45) is 0 Å². The molecule has 11 heteroatoms. The Hall–Kier alpha value is -3.34. The van der Waals surface area contributed by atoms with Crippen LogP contribution in [0.25, 0.3) is 22.5 Å². The summed E-state index contributed by atoms with van der Waals surface area (Å²) < 4.78 is 12.7. The average Bonchev–Trinajstić information content (AvgIpc) is 3.56. The van der Waals surface area contributed by atoms with Crippen LogP contribution in [0.2, 0.25) is 5.02 Å². The summed E-state index contributed by atoms with van der Waals surface area (Å²) in [6.45, 7) is 5.47. The molecule has 0 aliphatic carbocycles. The second-order valence-electron chi connectivity index (χ2n) is 8.47. The number of amides is 1. The van der Waals surface area contributed by atoms with Crippen LogP contribution >= 0.6 is 34.7 Å². The highest BCUT2D eigenvalue weighted by Crippen LogP contribution is 2.37. The van der Waals surface area contributed by atoms with Crippen LogP contribution in [0, 0.1) is 0 Å². The molecule has 39 heavy (non-hydrogen) atoms. The number of halogens is 1. The third-order valence-electron chi connectivity index (χ3n) is 5.83. The number of anilines is 1. The summed E-state index contributed by atoms with van der Waals surface area (Å²) in [4.78, 5) is 25.5. The molecular weight excluding hydrogens is 556 g/mol. The summed E-state index contributed by atoms with van der Waals surface area (Å²) in [7, 11) is 1.31. The zero-order valence-electron chi connectivity index (χ0n) is 21.9. The van der Waals surface area contributed by atoms with E-state index in [4.69, 9.17) is 21.1 Å². The molecule has 2 aromatic heterocycles. The monoisotopic (exact) mass is 584 g/mol. The molecule has 2 aromatic carbocycles. The number of thiophene rings is 1. The molecule has 0 saturated heterocycles. The molecule has 4 aromatic rings. The number of nitrogens with zero attached hydrogens (tertiary/aromatic N) is 3. The third-order valence-corrected chi connectivity index (χ3v) is 7.95. The van der Waals surface area contributed by atoms with E-state index in [-0.39, 0.29) is 11.7 Å². The molecule has 0 atom stereocenters. The van der Waals surface area contributed by atoms with Gasteiger partial charge in [0.15, 0.2) is 11.0 Å². The molecule has 0 unspecified atom stereocenters. The minimum Gasteiger partial charge on any atom is -0.494 e. The van der Waals surface area contributed by atoms with Gasteiger partial charge in [-0.25, -0.2) is 4.79 Å². The third kappa shape index (κ3) is 7.00. The molecular formula is C28H29ClN4O4S2. The Labute approximate surface area is 240 Å². The lowest BCUT2D eigenvalue weighted by Gasteiger charge is -2.09. The predicted molar refractivity (Wildman–Crippen MR) is 157 cm³/mol. The minimum absolute atomic E-state index is 0.0944. The maximum atomic E-state index is 12.9. The second kappa shape index (κ2) is 13.6. The number of hydrogen-bond donors (Lipinski definition) is 1. The molecule has 4 rings (SSSR count). The van der Waals surface area contributed by atoms with Crippen molar-refractivity contribution in [1.82, 2.24) is 14.8 Å². The highest BCUT2D eigenvalue weighted by atomic mass is 35.5. The molecule has 0 spiro atoms. The van der Waals surface area contributed by atoms with Gasteiger partial charge in [-0.05, 0) is 55.3 Å². The first-order chi connectivity index (χ1) is 18.9. The smallest absolute Gasteiger partial charge is 0.341 e. The van der Waals surface area contributed by atoms with Gasteiger partial charge in [0.25, 0.3) is 0 Å². The largest absolute Gasteiger partial charge is 0.494 e. The zero-order valence-corrected chi connectivity index (χ0v) is 24.3. The van der Waals surface area contributed by atoms with E-state index in [9.17, 15) is 9.59 Å². The molecule has 0 aliphatic rings. The van der Waals surface area contributed by atoms with Crippen molar-refractivity contribution in [2.75, 3.05) is 24.8 Å². The van der Waals surface area contributed by atoms with E-state index >= 15 is 0 Å². The fourth-order valence-electron chi connectivity index (χ4n) is 3.82. The van der Waals surface area contributed by atoms with Crippen molar-refractivity contribution in [3.05, 3.63) is 64.5 Å². The van der Waals surface area contributed by atoms with Crippen molar-refractivity contribution in [3.63, 3.8) is 0 Å². The predicted octanol–water partition coefficient (Wildman–Crippen LogP) is 7.04. The van der Waals surface area contributed by atoms with E-state index in [1.807, 2.05) is 53.3 Å². The minimum atomic E-state index is -0.527. The molecule has 0 saturated carbocycles.